The molecule has 1 atom stereocenters. The van der Waals surface area contributed by atoms with Crippen LogP contribution in [-0.4, -0.2) is 61.6 Å². The van der Waals surface area contributed by atoms with Gasteiger partial charge < -0.3 is 25.2 Å². The lowest BCUT2D eigenvalue weighted by atomic mass is 10.1. The van der Waals surface area contributed by atoms with Gasteiger partial charge in [-0.1, -0.05) is 0 Å². The van der Waals surface area contributed by atoms with Crippen LogP contribution in [0.25, 0.3) is 0 Å². The molecule has 2 aromatic rings. The van der Waals surface area contributed by atoms with Crippen molar-refractivity contribution in [1.29, 1.82) is 0 Å². The Balaban J connectivity index is 1.43. The number of aromatic nitrogens is 2. The third kappa shape index (κ3) is 4.58. The molecule has 8 nitrogen and oxygen atoms in total. The largest absolute Gasteiger partial charge is 0.497 e. The number of nitrogens with zero attached hydrogens (tertiary/aromatic N) is 4. The van der Waals surface area contributed by atoms with Crippen LogP contribution in [0.1, 0.15) is 42.4 Å². The van der Waals surface area contributed by atoms with E-state index in [1.807, 2.05) is 43.3 Å². The first-order valence-corrected chi connectivity index (χ1v) is 11.0. The van der Waals surface area contributed by atoms with Crippen molar-refractivity contribution in [3.63, 3.8) is 0 Å². The van der Waals surface area contributed by atoms with Gasteiger partial charge in [-0.15, -0.1) is 0 Å². The molecular formula is C23H32N6O2. The molecule has 1 aromatic heterocycles. The summed E-state index contributed by atoms with van der Waals surface area (Å²) in [5.74, 6) is 2.65. The molecule has 0 spiro atoms. The highest BCUT2D eigenvalue weighted by Crippen LogP contribution is 2.33. The van der Waals surface area contributed by atoms with E-state index in [1.165, 1.54) is 0 Å². The van der Waals surface area contributed by atoms with Crippen molar-refractivity contribution in [2.24, 2.45) is 0 Å². The summed E-state index contributed by atoms with van der Waals surface area (Å²) in [5.41, 5.74) is 3.32. The Morgan fingerprint density at radius 3 is 2.87 bits per heavy atom. The van der Waals surface area contributed by atoms with Crippen LogP contribution in [-0.2, 0) is 17.8 Å². The lowest BCUT2D eigenvalue weighted by Crippen LogP contribution is -2.35. The molecule has 2 N–H and O–H groups in total. The van der Waals surface area contributed by atoms with Crippen LogP contribution in [0.4, 0.5) is 11.5 Å². The van der Waals surface area contributed by atoms with Gasteiger partial charge in [-0.3, -0.25) is 4.79 Å². The summed E-state index contributed by atoms with van der Waals surface area (Å²) in [7, 11) is 5.57. The Labute approximate surface area is 184 Å². The van der Waals surface area contributed by atoms with Gasteiger partial charge in [-0.2, -0.15) is 0 Å². The Morgan fingerprint density at radius 2 is 2.13 bits per heavy atom. The van der Waals surface area contributed by atoms with Crippen LogP contribution < -0.4 is 20.3 Å². The van der Waals surface area contributed by atoms with Crippen molar-refractivity contribution < 1.29 is 9.53 Å². The van der Waals surface area contributed by atoms with Crippen LogP contribution in [0, 0.1) is 0 Å². The number of hydrogen-bond donors (Lipinski definition) is 2. The first kappa shape index (κ1) is 21.4. The maximum absolute atomic E-state index is 13.1. The molecule has 1 saturated heterocycles. The zero-order chi connectivity index (χ0) is 21.8. The summed E-state index contributed by atoms with van der Waals surface area (Å²) in [5, 5.41) is 6.60. The van der Waals surface area contributed by atoms with Gasteiger partial charge in [0.1, 0.15) is 11.6 Å². The Kier molecular flexibility index (Phi) is 6.56. The third-order valence-corrected chi connectivity index (χ3v) is 6.23. The SMILES string of the molecule is CNc1nc([C@H]2CCCN2C(=O)CCN(C)c2ccc(OC)cc2)nc2c1CNCC2. The van der Waals surface area contributed by atoms with Crippen molar-refractivity contribution in [2.75, 3.05) is 51.1 Å². The second-order valence-electron chi connectivity index (χ2n) is 8.15. The number of anilines is 2. The molecule has 0 unspecified atom stereocenters. The molecular weight excluding hydrogens is 392 g/mol. The van der Waals surface area contributed by atoms with Gasteiger partial charge in [-0.25, -0.2) is 9.97 Å². The van der Waals surface area contributed by atoms with Crippen LogP contribution in [0.15, 0.2) is 24.3 Å². The van der Waals surface area contributed by atoms with Gasteiger partial charge in [0.25, 0.3) is 0 Å². The van der Waals surface area contributed by atoms with E-state index >= 15 is 0 Å². The monoisotopic (exact) mass is 424 g/mol. The fraction of sp³-hybridized carbons (Fsp3) is 0.522. The van der Waals surface area contributed by atoms with Gasteiger partial charge in [-0.05, 0) is 37.1 Å². The number of likely N-dealkylation sites (tertiary alicyclic amines) is 1. The van der Waals surface area contributed by atoms with E-state index in [0.29, 0.717) is 13.0 Å². The molecule has 3 heterocycles. The van der Waals surface area contributed by atoms with Gasteiger partial charge >= 0.3 is 0 Å². The Hall–Kier alpha value is -2.87. The molecule has 2 aliphatic rings. The second kappa shape index (κ2) is 9.51. The summed E-state index contributed by atoms with van der Waals surface area (Å²) >= 11 is 0. The highest BCUT2D eigenvalue weighted by atomic mass is 16.5. The standard InChI is InChI=1S/C23H32N6O2/c1-24-22-18-15-25-12-10-19(18)26-23(27-22)20-5-4-13-29(20)21(30)11-14-28(2)16-6-8-17(31-3)9-7-16/h6-9,20,25H,4-5,10-15H2,1-3H3,(H,24,26,27)/t20-/m1/s1. The van der Waals surface area contributed by atoms with E-state index < -0.39 is 0 Å². The van der Waals surface area contributed by atoms with Crippen molar-refractivity contribution in [2.45, 2.75) is 38.3 Å². The number of carbonyl (C=O) groups excluding carboxylic acids is 1. The van der Waals surface area contributed by atoms with Crippen LogP contribution in [0.5, 0.6) is 5.75 Å². The summed E-state index contributed by atoms with van der Waals surface area (Å²) in [6.45, 7) is 3.15. The third-order valence-electron chi connectivity index (χ3n) is 6.23. The number of rotatable bonds is 7. The van der Waals surface area contributed by atoms with Gasteiger partial charge in [0.15, 0.2) is 5.82 Å². The maximum atomic E-state index is 13.1. The van der Waals surface area contributed by atoms with Crippen molar-refractivity contribution in [1.82, 2.24) is 20.2 Å². The minimum Gasteiger partial charge on any atom is -0.497 e. The van der Waals surface area contributed by atoms with Crippen molar-refractivity contribution in [3.05, 3.63) is 41.3 Å². The summed E-state index contributed by atoms with van der Waals surface area (Å²) in [6.07, 6.45) is 3.27. The maximum Gasteiger partial charge on any atom is 0.224 e. The quantitative estimate of drug-likeness (QED) is 0.706. The zero-order valence-electron chi connectivity index (χ0n) is 18.6. The average molecular weight is 425 g/mol. The van der Waals surface area contributed by atoms with Gasteiger partial charge in [0.05, 0.1) is 18.8 Å². The molecule has 1 fully saturated rings. The second-order valence-corrected chi connectivity index (χ2v) is 8.15. The summed E-state index contributed by atoms with van der Waals surface area (Å²) in [4.78, 5) is 26.9. The zero-order valence-corrected chi connectivity index (χ0v) is 18.6. The summed E-state index contributed by atoms with van der Waals surface area (Å²) in [6, 6.07) is 7.86. The minimum atomic E-state index is -0.0360. The molecule has 8 heteroatoms. The van der Waals surface area contributed by atoms with Crippen molar-refractivity contribution >= 4 is 17.4 Å². The number of amides is 1. The predicted octanol–water partition coefficient (Wildman–Crippen LogP) is 2.36. The highest BCUT2D eigenvalue weighted by molar-refractivity contribution is 5.77. The van der Waals surface area contributed by atoms with E-state index in [9.17, 15) is 4.79 Å². The lowest BCUT2D eigenvalue weighted by Gasteiger charge is -2.27. The number of hydrogen-bond acceptors (Lipinski definition) is 7. The van der Waals surface area contributed by atoms with E-state index in [0.717, 1.165) is 73.2 Å². The fourth-order valence-corrected chi connectivity index (χ4v) is 4.42. The minimum absolute atomic E-state index is 0.0360. The van der Waals surface area contributed by atoms with Crippen molar-refractivity contribution in [3.8, 4) is 5.75 Å². The number of nitrogens with one attached hydrogen (secondary N) is 2. The molecule has 4 rings (SSSR count). The number of ether oxygens (including phenoxy) is 1. The Bertz CT molecular complexity index is 900. The molecule has 166 valence electrons. The number of benzene rings is 1. The van der Waals surface area contributed by atoms with Crippen LogP contribution in [0.2, 0.25) is 0 Å². The average Bonchev–Trinajstić information content (AvgIpc) is 3.31. The molecule has 31 heavy (non-hydrogen) atoms. The topological polar surface area (TPSA) is 82.6 Å². The lowest BCUT2D eigenvalue weighted by molar-refractivity contribution is -0.132. The number of carbonyl (C=O) groups is 1. The molecule has 2 aliphatic heterocycles. The smallest absolute Gasteiger partial charge is 0.224 e. The van der Waals surface area contributed by atoms with Gasteiger partial charge in [0, 0.05) is 64.4 Å². The molecule has 1 aromatic carbocycles. The van der Waals surface area contributed by atoms with E-state index in [4.69, 9.17) is 14.7 Å². The first-order valence-electron chi connectivity index (χ1n) is 11.0. The summed E-state index contributed by atoms with van der Waals surface area (Å²) < 4.78 is 5.22. The van der Waals surface area contributed by atoms with E-state index in [1.54, 1.807) is 7.11 Å². The van der Waals surface area contributed by atoms with Crippen LogP contribution >= 0.6 is 0 Å². The molecule has 0 bridgehead atoms. The molecule has 0 saturated carbocycles. The van der Waals surface area contributed by atoms with E-state index in [2.05, 4.69) is 15.5 Å². The number of fused-ring (bicyclic) bond motifs is 1. The fourth-order valence-electron chi connectivity index (χ4n) is 4.42. The molecule has 0 radical (unpaired) electrons. The van der Waals surface area contributed by atoms with E-state index in [-0.39, 0.29) is 11.9 Å². The Morgan fingerprint density at radius 1 is 1.32 bits per heavy atom. The normalized spacial score (nSPS) is 17.9. The van der Waals surface area contributed by atoms with Gasteiger partial charge in [0.2, 0.25) is 5.91 Å². The predicted molar refractivity (Wildman–Crippen MR) is 122 cm³/mol. The first-order chi connectivity index (χ1) is 15.1. The number of methoxy groups -OCH3 is 1. The van der Waals surface area contributed by atoms with Crippen LogP contribution in [0.3, 0.4) is 0 Å². The molecule has 1 amide bonds. The molecule has 0 aliphatic carbocycles. The highest BCUT2D eigenvalue weighted by Gasteiger charge is 2.33.